The first kappa shape index (κ1) is 13.1. The van der Waals surface area contributed by atoms with Crippen LogP contribution in [0.3, 0.4) is 0 Å². The van der Waals surface area contributed by atoms with Gasteiger partial charge in [0.2, 0.25) is 0 Å². The van der Waals surface area contributed by atoms with E-state index in [0.29, 0.717) is 0 Å². The summed E-state index contributed by atoms with van der Waals surface area (Å²) >= 11 is 3.47. The second-order valence-electron chi connectivity index (χ2n) is 4.08. The van der Waals surface area contributed by atoms with Gasteiger partial charge in [-0.25, -0.2) is 0 Å². The Hall–Kier alpha value is -1.33. The summed E-state index contributed by atoms with van der Waals surface area (Å²) < 4.78 is 8.19. The number of nitrogens with zero attached hydrogens (tertiary/aromatic N) is 2. The number of hydrogen-bond donors (Lipinski definition) is 1. The van der Waals surface area contributed by atoms with E-state index < -0.39 is 0 Å². The van der Waals surface area contributed by atoms with Crippen molar-refractivity contribution in [2.24, 2.45) is 7.05 Å². The molecule has 0 bridgehead atoms. The smallest absolute Gasteiger partial charge is 0.123 e. The van der Waals surface area contributed by atoms with Crippen LogP contribution in [0.2, 0.25) is 0 Å². The predicted octanol–water partition coefficient (Wildman–Crippen LogP) is 2.48. The van der Waals surface area contributed by atoms with Crippen molar-refractivity contribution in [2.75, 3.05) is 7.11 Å². The average Bonchev–Trinajstić information content (AvgIpc) is 2.75. The van der Waals surface area contributed by atoms with E-state index >= 15 is 0 Å². The number of hydrogen-bond acceptors (Lipinski definition) is 3. The SMILES string of the molecule is COc1ccc(Br)cc1CNCc1cnn(C)c1. The zero-order valence-corrected chi connectivity index (χ0v) is 12.1. The van der Waals surface area contributed by atoms with Crippen LogP contribution in [0.25, 0.3) is 0 Å². The van der Waals surface area contributed by atoms with E-state index in [2.05, 4.69) is 32.4 Å². The first-order valence-corrected chi connectivity index (χ1v) is 6.49. The van der Waals surface area contributed by atoms with Crippen LogP contribution < -0.4 is 10.1 Å². The lowest BCUT2D eigenvalue weighted by Crippen LogP contribution is -2.13. The Kier molecular flexibility index (Phi) is 4.38. The zero-order chi connectivity index (χ0) is 13.0. The molecule has 0 atom stereocenters. The Balaban J connectivity index is 1.95. The Morgan fingerprint density at radius 2 is 2.22 bits per heavy atom. The maximum atomic E-state index is 5.33. The standard InChI is InChI=1S/C13H16BrN3O/c1-17-9-10(7-16-17)6-15-8-11-5-12(14)3-4-13(11)18-2/h3-5,7,9,15H,6,8H2,1-2H3. The first-order chi connectivity index (χ1) is 8.69. The largest absolute Gasteiger partial charge is 0.496 e. The molecular weight excluding hydrogens is 294 g/mol. The molecule has 0 amide bonds. The van der Waals surface area contributed by atoms with Crippen LogP contribution >= 0.6 is 15.9 Å². The quantitative estimate of drug-likeness (QED) is 0.922. The van der Waals surface area contributed by atoms with Gasteiger partial charge >= 0.3 is 0 Å². The van der Waals surface area contributed by atoms with Crippen molar-refractivity contribution < 1.29 is 4.74 Å². The van der Waals surface area contributed by atoms with Crippen LogP contribution in [0.1, 0.15) is 11.1 Å². The fraction of sp³-hybridized carbons (Fsp3) is 0.308. The molecule has 5 heteroatoms. The average molecular weight is 310 g/mol. The van der Waals surface area contributed by atoms with Gasteiger partial charge in [-0.05, 0) is 18.2 Å². The third-order valence-electron chi connectivity index (χ3n) is 2.65. The topological polar surface area (TPSA) is 39.1 Å². The molecule has 18 heavy (non-hydrogen) atoms. The minimum Gasteiger partial charge on any atom is -0.496 e. The molecular formula is C13H16BrN3O. The Morgan fingerprint density at radius 3 is 2.89 bits per heavy atom. The fourth-order valence-electron chi connectivity index (χ4n) is 1.79. The van der Waals surface area contributed by atoms with Crippen LogP contribution in [0.5, 0.6) is 5.75 Å². The highest BCUT2D eigenvalue weighted by Crippen LogP contribution is 2.22. The molecule has 1 heterocycles. The van der Waals surface area contributed by atoms with Crippen LogP contribution in [0.4, 0.5) is 0 Å². The van der Waals surface area contributed by atoms with Crippen molar-refractivity contribution >= 4 is 15.9 Å². The number of aryl methyl sites for hydroxylation is 1. The lowest BCUT2D eigenvalue weighted by molar-refractivity contribution is 0.407. The summed E-state index contributed by atoms with van der Waals surface area (Å²) in [6.45, 7) is 1.56. The summed E-state index contributed by atoms with van der Waals surface area (Å²) in [6.07, 6.45) is 3.87. The second-order valence-corrected chi connectivity index (χ2v) is 5.00. The van der Waals surface area contributed by atoms with Crippen LogP contribution in [0.15, 0.2) is 35.1 Å². The summed E-state index contributed by atoms with van der Waals surface area (Å²) in [6, 6.07) is 6.00. The molecule has 0 aliphatic carbocycles. The minimum absolute atomic E-state index is 0.761. The van der Waals surface area contributed by atoms with Crippen molar-refractivity contribution in [3.63, 3.8) is 0 Å². The van der Waals surface area contributed by atoms with E-state index in [0.717, 1.165) is 28.9 Å². The molecule has 0 unspecified atom stereocenters. The molecule has 0 spiro atoms. The summed E-state index contributed by atoms with van der Waals surface area (Å²) in [5.74, 6) is 0.900. The van der Waals surface area contributed by atoms with E-state index in [1.807, 2.05) is 31.6 Å². The lowest BCUT2D eigenvalue weighted by Gasteiger charge is -2.09. The van der Waals surface area contributed by atoms with E-state index in [-0.39, 0.29) is 0 Å². The van der Waals surface area contributed by atoms with Crippen molar-refractivity contribution in [1.29, 1.82) is 0 Å². The van der Waals surface area contributed by atoms with Crippen molar-refractivity contribution in [1.82, 2.24) is 15.1 Å². The van der Waals surface area contributed by atoms with Gasteiger partial charge in [-0.1, -0.05) is 15.9 Å². The number of halogens is 1. The summed E-state index contributed by atoms with van der Waals surface area (Å²) in [7, 11) is 3.61. The van der Waals surface area contributed by atoms with Crippen molar-refractivity contribution in [2.45, 2.75) is 13.1 Å². The number of methoxy groups -OCH3 is 1. The minimum atomic E-state index is 0.761. The first-order valence-electron chi connectivity index (χ1n) is 5.69. The van der Waals surface area contributed by atoms with E-state index in [4.69, 9.17) is 4.74 Å². The van der Waals surface area contributed by atoms with E-state index in [9.17, 15) is 0 Å². The van der Waals surface area contributed by atoms with Crippen molar-refractivity contribution in [3.8, 4) is 5.75 Å². The highest BCUT2D eigenvalue weighted by molar-refractivity contribution is 9.10. The predicted molar refractivity (Wildman–Crippen MR) is 74.4 cm³/mol. The molecule has 0 radical (unpaired) electrons. The van der Waals surface area contributed by atoms with Crippen LogP contribution in [0, 0.1) is 0 Å². The molecule has 0 saturated carbocycles. The second kappa shape index (κ2) is 6.02. The molecule has 1 aromatic heterocycles. The van der Waals surface area contributed by atoms with E-state index in [1.54, 1.807) is 11.8 Å². The third kappa shape index (κ3) is 3.34. The molecule has 0 saturated heterocycles. The third-order valence-corrected chi connectivity index (χ3v) is 3.14. The van der Waals surface area contributed by atoms with Crippen molar-refractivity contribution in [3.05, 3.63) is 46.2 Å². The maximum Gasteiger partial charge on any atom is 0.123 e. The molecule has 4 nitrogen and oxygen atoms in total. The van der Waals surface area contributed by atoms with Gasteiger partial charge in [0, 0.05) is 41.9 Å². The van der Waals surface area contributed by atoms with Gasteiger partial charge in [0.25, 0.3) is 0 Å². The molecule has 2 aromatic rings. The molecule has 0 fully saturated rings. The van der Waals surface area contributed by atoms with Gasteiger partial charge in [0.15, 0.2) is 0 Å². The van der Waals surface area contributed by atoms with Gasteiger partial charge in [0.1, 0.15) is 5.75 Å². The van der Waals surface area contributed by atoms with Gasteiger partial charge in [-0.2, -0.15) is 5.10 Å². The van der Waals surface area contributed by atoms with Crippen LogP contribution in [-0.4, -0.2) is 16.9 Å². The summed E-state index contributed by atoms with van der Waals surface area (Å²) in [4.78, 5) is 0. The lowest BCUT2D eigenvalue weighted by atomic mass is 10.2. The molecule has 2 rings (SSSR count). The number of rotatable bonds is 5. The molecule has 1 N–H and O–H groups in total. The highest BCUT2D eigenvalue weighted by atomic mass is 79.9. The highest BCUT2D eigenvalue weighted by Gasteiger charge is 2.03. The monoisotopic (exact) mass is 309 g/mol. The summed E-state index contributed by atoms with van der Waals surface area (Å²) in [5.41, 5.74) is 2.31. The molecule has 96 valence electrons. The summed E-state index contributed by atoms with van der Waals surface area (Å²) in [5, 5.41) is 7.51. The van der Waals surface area contributed by atoms with Gasteiger partial charge in [0.05, 0.1) is 13.3 Å². The Labute approximate surface area is 115 Å². The van der Waals surface area contributed by atoms with Gasteiger partial charge in [-0.15, -0.1) is 0 Å². The number of aromatic nitrogens is 2. The number of benzene rings is 1. The van der Waals surface area contributed by atoms with Gasteiger partial charge in [-0.3, -0.25) is 4.68 Å². The normalized spacial score (nSPS) is 10.6. The van der Waals surface area contributed by atoms with Gasteiger partial charge < -0.3 is 10.1 Å². The maximum absolute atomic E-state index is 5.33. The molecule has 1 aromatic carbocycles. The number of nitrogens with one attached hydrogen (secondary N) is 1. The zero-order valence-electron chi connectivity index (χ0n) is 10.5. The Bertz CT molecular complexity index is 525. The molecule has 0 aliphatic rings. The van der Waals surface area contributed by atoms with E-state index in [1.165, 1.54) is 5.56 Å². The molecule has 0 aliphatic heterocycles. The van der Waals surface area contributed by atoms with Crippen LogP contribution in [-0.2, 0) is 20.1 Å². The fourth-order valence-corrected chi connectivity index (χ4v) is 2.20. The number of ether oxygens (including phenoxy) is 1. The Morgan fingerprint density at radius 1 is 1.39 bits per heavy atom.